The van der Waals surface area contributed by atoms with Gasteiger partial charge in [-0.05, 0) is 49.6 Å². The van der Waals surface area contributed by atoms with Crippen molar-refractivity contribution < 1.29 is 8.78 Å². The molecule has 0 bridgehead atoms. The molecule has 2 aromatic rings. The molecule has 2 aromatic carbocycles. The van der Waals surface area contributed by atoms with Crippen LogP contribution in [0.1, 0.15) is 37.3 Å². The maximum atomic E-state index is 14.3. The number of rotatable bonds is 7. The summed E-state index contributed by atoms with van der Waals surface area (Å²) in [5, 5.41) is 11.3. The van der Waals surface area contributed by atoms with Crippen LogP contribution in [0.5, 0.6) is 0 Å². The Morgan fingerprint density at radius 3 is 2.59 bits per heavy atom. The van der Waals surface area contributed by atoms with E-state index in [9.17, 15) is 8.78 Å². The van der Waals surface area contributed by atoms with Gasteiger partial charge in [0.05, 0.1) is 11.4 Å². The fourth-order valence-electron chi connectivity index (χ4n) is 3.11. The minimum atomic E-state index is -0.491. The first kappa shape index (κ1) is 18.8. The second-order valence-corrected chi connectivity index (χ2v) is 6.93. The van der Waals surface area contributed by atoms with Crippen molar-refractivity contribution in [1.29, 1.82) is 5.41 Å². The molecule has 5 heteroatoms. The first-order valence-electron chi connectivity index (χ1n) is 8.93. The summed E-state index contributed by atoms with van der Waals surface area (Å²) in [5.74, 6) is -0.864. The van der Waals surface area contributed by atoms with Crippen molar-refractivity contribution >= 4 is 23.2 Å². The molecule has 0 aromatic heterocycles. The molecule has 1 fully saturated rings. The molecule has 0 saturated heterocycles. The van der Waals surface area contributed by atoms with Crippen LogP contribution in [0.25, 0.3) is 6.08 Å². The fourth-order valence-corrected chi connectivity index (χ4v) is 3.11. The summed E-state index contributed by atoms with van der Waals surface area (Å²) in [5.41, 5.74) is 7.94. The van der Waals surface area contributed by atoms with Gasteiger partial charge in [0.1, 0.15) is 11.6 Å². The first-order valence-corrected chi connectivity index (χ1v) is 8.93. The average molecular weight is 367 g/mol. The summed E-state index contributed by atoms with van der Waals surface area (Å²) in [6, 6.07) is 8.99. The molecule has 1 aliphatic rings. The quantitative estimate of drug-likeness (QED) is 0.431. The van der Waals surface area contributed by atoms with E-state index in [1.807, 2.05) is 0 Å². The SMILES string of the molecule is C=C(Nc1cc(C(=N)/C=C/c2ccccc2F)c(N)cc1F)C1(CC)CC1. The van der Waals surface area contributed by atoms with Crippen LogP contribution in [0.15, 0.2) is 54.8 Å². The van der Waals surface area contributed by atoms with Gasteiger partial charge >= 0.3 is 0 Å². The van der Waals surface area contributed by atoms with Crippen LogP contribution >= 0.6 is 0 Å². The molecule has 140 valence electrons. The van der Waals surface area contributed by atoms with Crippen LogP contribution in [0.2, 0.25) is 0 Å². The van der Waals surface area contributed by atoms with Crippen LogP contribution in [0, 0.1) is 22.5 Å². The molecule has 4 N–H and O–H groups in total. The normalized spacial score (nSPS) is 14.9. The topological polar surface area (TPSA) is 61.9 Å². The Kier molecular flexibility index (Phi) is 5.13. The van der Waals surface area contributed by atoms with Crippen LogP contribution in [0.4, 0.5) is 20.2 Å². The van der Waals surface area contributed by atoms with Gasteiger partial charge in [-0.1, -0.05) is 31.7 Å². The summed E-state index contributed by atoms with van der Waals surface area (Å²) in [4.78, 5) is 0. The zero-order chi connectivity index (χ0) is 19.6. The third-order valence-electron chi connectivity index (χ3n) is 5.22. The summed E-state index contributed by atoms with van der Waals surface area (Å²) in [7, 11) is 0. The van der Waals surface area contributed by atoms with E-state index < -0.39 is 5.82 Å². The number of nitrogens with two attached hydrogens (primary N) is 1. The molecule has 1 saturated carbocycles. The minimum absolute atomic E-state index is 0.0340. The van der Waals surface area contributed by atoms with E-state index >= 15 is 0 Å². The minimum Gasteiger partial charge on any atom is -0.398 e. The molecule has 3 rings (SSSR count). The van der Waals surface area contributed by atoms with E-state index in [2.05, 4.69) is 18.8 Å². The maximum absolute atomic E-state index is 14.3. The lowest BCUT2D eigenvalue weighted by Crippen LogP contribution is -2.13. The molecular weight excluding hydrogens is 344 g/mol. The van der Waals surface area contributed by atoms with Crippen LogP contribution in [0.3, 0.4) is 0 Å². The van der Waals surface area contributed by atoms with E-state index in [0.717, 1.165) is 25.0 Å². The van der Waals surface area contributed by atoms with Gasteiger partial charge in [-0.2, -0.15) is 0 Å². The molecular formula is C22H23F2N3. The Hall–Kier alpha value is -2.95. The van der Waals surface area contributed by atoms with E-state index in [4.69, 9.17) is 11.1 Å². The van der Waals surface area contributed by atoms with Crippen molar-refractivity contribution in [3.05, 3.63) is 77.5 Å². The van der Waals surface area contributed by atoms with E-state index in [0.29, 0.717) is 11.1 Å². The Labute approximate surface area is 158 Å². The van der Waals surface area contributed by atoms with Gasteiger partial charge in [-0.3, -0.25) is 0 Å². The molecule has 27 heavy (non-hydrogen) atoms. The summed E-state index contributed by atoms with van der Waals surface area (Å²) < 4.78 is 28.1. The van der Waals surface area contributed by atoms with Crippen LogP contribution < -0.4 is 11.1 Å². The van der Waals surface area contributed by atoms with Crippen molar-refractivity contribution in [2.45, 2.75) is 26.2 Å². The highest BCUT2D eigenvalue weighted by Crippen LogP contribution is 2.54. The largest absolute Gasteiger partial charge is 0.398 e. The van der Waals surface area contributed by atoms with Crippen molar-refractivity contribution in [3.8, 4) is 0 Å². The lowest BCUT2D eigenvalue weighted by Gasteiger charge is -2.19. The summed E-state index contributed by atoms with van der Waals surface area (Å²) in [6.07, 6.45) is 5.99. The molecule has 0 heterocycles. The highest BCUT2D eigenvalue weighted by atomic mass is 19.1. The fraction of sp³-hybridized carbons (Fsp3) is 0.227. The zero-order valence-electron chi connectivity index (χ0n) is 15.3. The predicted molar refractivity (Wildman–Crippen MR) is 108 cm³/mol. The van der Waals surface area contributed by atoms with Gasteiger partial charge in [0.2, 0.25) is 0 Å². The third-order valence-corrected chi connectivity index (χ3v) is 5.22. The highest BCUT2D eigenvalue weighted by molar-refractivity contribution is 6.12. The number of hydrogen-bond donors (Lipinski definition) is 3. The number of hydrogen-bond acceptors (Lipinski definition) is 3. The van der Waals surface area contributed by atoms with Gasteiger partial charge in [-0.15, -0.1) is 0 Å². The lowest BCUT2D eigenvalue weighted by molar-refractivity contribution is 0.585. The Morgan fingerprint density at radius 1 is 1.26 bits per heavy atom. The third kappa shape index (κ3) is 3.92. The van der Waals surface area contributed by atoms with E-state index in [1.54, 1.807) is 18.2 Å². The number of nitrogens with one attached hydrogen (secondary N) is 2. The van der Waals surface area contributed by atoms with Gasteiger partial charge in [0.15, 0.2) is 0 Å². The molecule has 0 unspecified atom stereocenters. The molecule has 3 nitrogen and oxygen atoms in total. The van der Waals surface area contributed by atoms with Crippen molar-refractivity contribution in [1.82, 2.24) is 0 Å². The molecule has 1 aliphatic carbocycles. The average Bonchev–Trinajstić information content (AvgIpc) is 3.44. The van der Waals surface area contributed by atoms with Crippen LogP contribution in [-0.2, 0) is 0 Å². The van der Waals surface area contributed by atoms with E-state index in [1.165, 1.54) is 30.4 Å². The summed E-state index contributed by atoms with van der Waals surface area (Å²) >= 11 is 0. The van der Waals surface area contributed by atoms with Crippen molar-refractivity contribution in [2.24, 2.45) is 5.41 Å². The number of allylic oxidation sites excluding steroid dienone is 2. The Bertz CT molecular complexity index is 927. The number of anilines is 2. The number of nitrogen functional groups attached to an aromatic ring is 1. The van der Waals surface area contributed by atoms with Crippen molar-refractivity contribution in [3.63, 3.8) is 0 Å². The second-order valence-electron chi connectivity index (χ2n) is 6.93. The van der Waals surface area contributed by atoms with Gasteiger partial charge < -0.3 is 16.5 Å². The number of halogens is 2. The number of benzene rings is 2. The molecule has 0 amide bonds. The second kappa shape index (κ2) is 7.35. The summed E-state index contributed by atoms with van der Waals surface area (Å²) in [6.45, 7) is 6.15. The molecule has 0 atom stereocenters. The van der Waals surface area contributed by atoms with Crippen molar-refractivity contribution in [2.75, 3.05) is 11.1 Å². The van der Waals surface area contributed by atoms with Crippen LogP contribution in [-0.4, -0.2) is 5.71 Å². The smallest absolute Gasteiger partial charge is 0.148 e. The Morgan fingerprint density at radius 2 is 1.96 bits per heavy atom. The van der Waals surface area contributed by atoms with Gasteiger partial charge in [0, 0.05) is 27.9 Å². The monoisotopic (exact) mass is 367 g/mol. The van der Waals surface area contributed by atoms with E-state index in [-0.39, 0.29) is 28.3 Å². The Balaban J connectivity index is 1.84. The highest BCUT2D eigenvalue weighted by Gasteiger charge is 2.43. The zero-order valence-corrected chi connectivity index (χ0v) is 15.3. The molecule has 0 radical (unpaired) electrons. The predicted octanol–water partition coefficient (Wildman–Crippen LogP) is 5.74. The van der Waals surface area contributed by atoms with Gasteiger partial charge in [0.25, 0.3) is 0 Å². The molecule has 0 aliphatic heterocycles. The first-order chi connectivity index (χ1) is 12.9. The lowest BCUT2D eigenvalue weighted by atomic mass is 9.99. The van der Waals surface area contributed by atoms with Gasteiger partial charge in [-0.25, -0.2) is 8.78 Å². The standard InChI is InChI=1S/C22H23F2N3/c1-3-22(10-11-22)14(2)27-21-12-16(20(26)13-18(21)24)19(25)9-8-15-6-4-5-7-17(15)23/h4-9,12-13,25,27H,2-3,10-11,26H2,1H3/b9-8+,25-19?. The maximum Gasteiger partial charge on any atom is 0.148 e. The molecule has 0 spiro atoms.